The van der Waals surface area contributed by atoms with Crippen LogP contribution in [0.25, 0.3) is 6.08 Å². The van der Waals surface area contributed by atoms with Crippen molar-refractivity contribution in [3.05, 3.63) is 68.6 Å². The molecule has 0 aliphatic carbocycles. The molecule has 2 aromatic rings. The van der Waals surface area contributed by atoms with Crippen LogP contribution in [0.1, 0.15) is 17.5 Å². The van der Waals surface area contributed by atoms with Crippen LogP contribution in [0.3, 0.4) is 0 Å². The molecule has 9 nitrogen and oxygen atoms in total. The van der Waals surface area contributed by atoms with Gasteiger partial charge in [0.25, 0.3) is 16.8 Å². The number of hydrogen-bond donors (Lipinski definition) is 0. The van der Waals surface area contributed by atoms with Crippen molar-refractivity contribution < 1.29 is 28.7 Å². The number of nitro groups is 1. The number of amides is 2. The maximum Gasteiger partial charge on any atom is 0.293 e. The lowest BCUT2D eigenvalue weighted by atomic mass is 10.1. The van der Waals surface area contributed by atoms with Gasteiger partial charge in [0, 0.05) is 20.3 Å². The van der Waals surface area contributed by atoms with E-state index in [1.165, 1.54) is 32.4 Å². The molecular formula is C22H22N2O7S. The number of nitro benzene ring substituents is 1. The third kappa shape index (κ3) is 5.45. The second-order valence-corrected chi connectivity index (χ2v) is 7.77. The topological polar surface area (TPSA) is 108 Å². The van der Waals surface area contributed by atoms with Crippen LogP contribution in [-0.4, -0.2) is 48.3 Å². The number of nitrogens with zero attached hydrogens (tertiary/aromatic N) is 2. The number of rotatable bonds is 10. The van der Waals surface area contributed by atoms with Crippen LogP contribution in [0.4, 0.5) is 10.5 Å². The second kappa shape index (κ2) is 10.8. The molecule has 2 amide bonds. The van der Waals surface area contributed by atoms with Crippen molar-refractivity contribution in [3.8, 4) is 11.5 Å². The molecule has 0 spiro atoms. The summed E-state index contributed by atoms with van der Waals surface area (Å²) in [5, 5.41) is 11.3. The number of carbonyl (C=O) groups excluding carboxylic acids is 2. The van der Waals surface area contributed by atoms with Gasteiger partial charge in [-0.1, -0.05) is 30.3 Å². The van der Waals surface area contributed by atoms with Gasteiger partial charge < -0.3 is 14.2 Å². The molecule has 3 rings (SSSR count). The third-order valence-corrected chi connectivity index (χ3v) is 5.54. The van der Waals surface area contributed by atoms with Gasteiger partial charge in [-0.25, -0.2) is 0 Å². The van der Waals surface area contributed by atoms with Crippen molar-refractivity contribution in [2.75, 3.05) is 27.4 Å². The van der Waals surface area contributed by atoms with Crippen molar-refractivity contribution in [3.63, 3.8) is 0 Å². The van der Waals surface area contributed by atoms with Gasteiger partial charge in [-0.2, -0.15) is 0 Å². The fourth-order valence-electron chi connectivity index (χ4n) is 3.05. The predicted octanol–water partition coefficient (Wildman–Crippen LogP) is 4.26. The van der Waals surface area contributed by atoms with E-state index in [0.29, 0.717) is 13.0 Å². The van der Waals surface area contributed by atoms with Gasteiger partial charge in [-0.15, -0.1) is 0 Å². The SMILES string of the molecule is COCCCN1C(=O)S/C(=C/c2cc(OC)c(OCc3ccccc3)cc2[N+](=O)[O-])C1=O. The fraction of sp³-hybridized carbons (Fsp3) is 0.273. The third-order valence-electron chi connectivity index (χ3n) is 4.64. The van der Waals surface area contributed by atoms with Gasteiger partial charge in [0.2, 0.25) is 0 Å². The smallest absolute Gasteiger partial charge is 0.293 e. The molecule has 1 fully saturated rings. The van der Waals surface area contributed by atoms with E-state index >= 15 is 0 Å². The molecule has 0 aromatic heterocycles. The van der Waals surface area contributed by atoms with Crippen molar-refractivity contribution >= 4 is 34.7 Å². The van der Waals surface area contributed by atoms with Crippen molar-refractivity contribution in [2.24, 2.45) is 0 Å². The quantitative estimate of drug-likeness (QED) is 0.225. The fourth-order valence-corrected chi connectivity index (χ4v) is 3.90. The number of benzene rings is 2. The van der Waals surface area contributed by atoms with E-state index in [1.54, 1.807) is 0 Å². The molecule has 32 heavy (non-hydrogen) atoms. The summed E-state index contributed by atoms with van der Waals surface area (Å²) in [6, 6.07) is 12.0. The lowest BCUT2D eigenvalue weighted by Gasteiger charge is -2.12. The van der Waals surface area contributed by atoms with E-state index < -0.39 is 16.1 Å². The van der Waals surface area contributed by atoms with E-state index in [2.05, 4.69) is 0 Å². The Morgan fingerprint density at radius 3 is 2.53 bits per heavy atom. The van der Waals surface area contributed by atoms with Crippen molar-refractivity contribution in [1.82, 2.24) is 4.90 Å². The highest BCUT2D eigenvalue weighted by Crippen LogP contribution is 2.39. The number of carbonyl (C=O) groups is 2. The standard InChI is InChI=1S/C22H22N2O7S/c1-29-10-6-9-23-21(25)20(32-22(23)26)12-16-11-18(30-2)19(13-17(16)24(27)28)31-14-15-7-4-3-5-8-15/h3-5,7-8,11-13H,6,9-10,14H2,1-2H3/b20-12+. The zero-order valence-corrected chi connectivity index (χ0v) is 18.4. The zero-order chi connectivity index (χ0) is 23.1. The Balaban J connectivity index is 1.88. The molecule has 0 bridgehead atoms. The maximum absolute atomic E-state index is 12.6. The molecule has 10 heteroatoms. The van der Waals surface area contributed by atoms with Crippen LogP contribution in [0.5, 0.6) is 11.5 Å². The highest BCUT2D eigenvalue weighted by Gasteiger charge is 2.35. The normalized spacial score (nSPS) is 14.8. The average Bonchev–Trinajstić information content (AvgIpc) is 3.05. The Morgan fingerprint density at radius 2 is 1.88 bits per heavy atom. The lowest BCUT2D eigenvalue weighted by Crippen LogP contribution is -2.29. The summed E-state index contributed by atoms with van der Waals surface area (Å²) in [7, 11) is 2.96. The van der Waals surface area contributed by atoms with Crippen LogP contribution in [0.15, 0.2) is 47.4 Å². The van der Waals surface area contributed by atoms with E-state index in [9.17, 15) is 19.7 Å². The number of ether oxygens (including phenoxy) is 3. The van der Waals surface area contributed by atoms with Crippen LogP contribution >= 0.6 is 11.8 Å². The first-order valence-electron chi connectivity index (χ1n) is 9.72. The number of imide groups is 1. The van der Waals surface area contributed by atoms with Gasteiger partial charge in [0.1, 0.15) is 6.61 Å². The molecule has 0 saturated carbocycles. The van der Waals surface area contributed by atoms with Gasteiger partial charge >= 0.3 is 0 Å². The Hall–Kier alpha value is -3.37. The predicted molar refractivity (Wildman–Crippen MR) is 120 cm³/mol. The van der Waals surface area contributed by atoms with E-state index in [4.69, 9.17) is 14.2 Å². The van der Waals surface area contributed by atoms with Gasteiger partial charge in [0.15, 0.2) is 11.5 Å². The molecule has 1 heterocycles. The maximum atomic E-state index is 12.6. The Kier molecular flexibility index (Phi) is 7.85. The molecule has 0 N–H and O–H groups in total. The van der Waals surface area contributed by atoms with E-state index in [1.807, 2.05) is 30.3 Å². The minimum Gasteiger partial charge on any atom is -0.493 e. The Morgan fingerprint density at radius 1 is 1.12 bits per heavy atom. The molecule has 1 aliphatic heterocycles. The zero-order valence-electron chi connectivity index (χ0n) is 17.6. The summed E-state index contributed by atoms with van der Waals surface area (Å²) < 4.78 is 16.0. The first kappa shape index (κ1) is 23.3. The molecule has 1 aliphatic rings. The highest BCUT2D eigenvalue weighted by molar-refractivity contribution is 8.18. The summed E-state index contributed by atoms with van der Waals surface area (Å²) in [6.45, 7) is 0.829. The highest BCUT2D eigenvalue weighted by atomic mass is 32.2. The molecular weight excluding hydrogens is 436 g/mol. The minimum absolute atomic E-state index is 0.107. The van der Waals surface area contributed by atoms with Crippen LogP contribution < -0.4 is 9.47 Å². The molecule has 2 aromatic carbocycles. The van der Waals surface area contributed by atoms with E-state index in [-0.39, 0.29) is 40.8 Å². The van der Waals surface area contributed by atoms with Crippen LogP contribution in [0.2, 0.25) is 0 Å². The Bertz CT molecular complexity index is 1040. The summed E-state index contributed by atoms with van der Waals surface area (Å²) in [5.41, 5.74) is 0.768. The average molecular weight is 458 g/mol. The molecule has 1 saturated heterocycles. The first-order valence-corrected chi connectivity index (χ1v) is 10.5. The largest absolute Gasteiger partial charge is 0.493 e. The van der Waals surface area contributed by atoms with Crippen molar-refractivity contribution in [2.45, 2.75) is 13.0 Å². The summed E-state index contributed by atoms with van der Waals surface area (Å²) in [6.07, 6.45) is 1.84. The summed E-state index contributed by atoms with van der Waals surface area (Å²) >= 11 is 0.743. The van der Waals surface area contributed by atoms with Crippen LogP contribution in [0, 0.1) is 10.1 Å². The number of hydrogen-bond acceptors (Lipinski definition) is 8. The Labute approximate surface area is 189 Å². The number of thioether (sulfide) groups is 1. The monoisotopic (exact) mass is 458 g/mol. The first-order chi connectivity index (χ1) is 15.4. The molecule has 0 unspecified atom stereocenters. The van der Waals surface area contributed by atoms with Gasteiger partial charge in [0.05, 0.1) is 28.6 Å². The summed E-state index contributed by atoms with van der Waals surface area (Å²) in [5.74, 6) is -0.0150. The molecule has 168 valence electrons. The minimum atomic E-state index is -0.566. The summed E-state index contributed by atoms with van der Waals surface area (Å²) in [4.78, 5) is 37.2. The molecule has 0 atom stereocenters. The molecule has 0 radical (unpaired) electrons. The van der Waals surface area contributed by atoms with Crippen molar-refractivity contribution in [1.29, 1.82) is 0 Å². The number of methoxy groups -OCH3 is 2. The second-order valence-electron chi connectivity index (χ2n) is 6.77. The van der Waals surface area contributed by atoms with Crippen LogP contribution in [-0.2, 0) is 16.1 Å². The van der Waals surface area contributed by atoms with Gasteiger partial charge in [-0.3, -0.25) is 24.6 Å². The van der Waals surface area contributed by atoms with Gasteiger partial charge in [-0.05, 0) is 35.9 Å². The lowest BCUT2D eigenvalue weighted by molar-refractivity contribution is -0.385. The van der Waals surface area contributed by atoms with E-state index in [0.717, 1.165) is 22.2 Å².